The molecular formula is C12H17IN4. The number of nitrogens with zero attached hydrogens (tertiary/aromatic N) is 3. The minimum atomic E-state index is 0.353. The fourth-order valence-corrected chi connectivity index (χ4v) is 2.32. The van der Waals surface area contributed by atoms with Gasteiger partial charge in [0.25, 0.3) is 0 Å². The summed E-state index contributed by atoms with van der Waals surface area (Å²) in [6, 6.07) is 2.36. The van der Waals surface area contributed by atoms with E-state index >= 15 is 0 Å². The Bertz CT molecular complexity index is 533. The second-order valence-electron chi connectivity index (χ2n) is 4.58. The standard InChI is InChI=1S/C12H17IN4/c1-7(2)11-10-9(4-5-15-12(10)14)17(16-11)8(3)6-13/h4-5,7-8H,6H2,1-3H3,(H2,14,15). The number of pyridine rings is 1. The van der Waals surface area contributed by atoms with Crippen LogP contribution in [0.25, 0.3) is 10.9 Å². The van der Waals surface area contributed by atoms with E-state index in [9.17, 15) is 0 Å². The lowest BCUT2D eigenvalue weighted by Gasteiger charge is -2.09. The largest absolute Gasteiger partial charge is 0.383 e. The third kappa shape index (κ3) is 2.12. The first-order valence-corrected chi connectivity index (χ1v) is 7.27. The van der Waals surface area contributed by atoms with Gasteiger partial charge in [-0.2, -0.15) is 5.10 Å². The molecule has 2 aromatic heterocycles. The van der Waals surface area contributed by atoms with E-state index < -0.39 is 0 Å². The predicted molar refractivity (Wildman–Crippen MR) is 79.6 cm³/mol. The summed E-state index contributed by atoms with van der Waals surface area (Å²) >= 11 is 2.38. The van der Waals surface area contributed by atoms with E-state index in [1.165, 1.54) is 0 Å². The zero-order valence-corrected chi connectivity index (χ0v) is 12.5. The molecule has 1 atom stereocenters. The van der Waals surface area contributed by atoms with Crippen molar-refractivity contribution in [3.63, 3.8) is 0 Å². The number of hydrogen-bond donors (Lipinski definition) is 1. The quantitative estimate of drug-likeness (QED) is 0.688. The highest BCUT2D eigenvalue weighted by Gasteiger charge is 2.18. The van der Waals surface area contributed by atoms with Gasteiger partial charge >= 0.3 is 0 Å². The van der Waals surface area contributed by atoms with Crippen LogP contribution < -0.4 is 5.73 Å². The van der Waals surface area contributed by atoms with Gasteiger partial charge in [0.05, 0.1) is 22.6 Å². The van der Waals surface area contributed by atoms with Crippen molar-refractivity contribution in [2.75, 3.05) is 10.2 Å². The van der Waals surface area contributed by atoms with E-state index in [0.717, 1.165) is 21.0 Å². The van der Waals surface area contributed by atoms with Gasteiger partial charge in [0.15, 0.2) is 0 Å². The highest BCUT2D eigenvalue weighted by atomic mass is 127. The molecule has 0 saturated heterocycles. The van der Waals surface area contributed by atoms with Crippen LogP contribution in [0.15, 0.2) is 12.3 Å². The molecule has 0 aromatic carbocycles. The lowest BCUT2D eigenvalue weighted by atomic mass is 10.1. The molecule has 0 radical (unpaired) electrons. The van der Waals surface area contributed by atoms with E-state index in [1.807, 2.05) is 6.07 Å². The van der Waals surface area contributed by atoms with Crippen LogP contribution in [0.2, 0.25) is 0 Å². The number of rotatable bonds is 3. The van der Waals surface area contributed by atoms with E-state index in [2.05, 4.69) is 53.0 Å². The number of fused-ring (bicyclic) bond motifs is 1. The summed E-state index contributed by atoms with van der Waals surface area (Å²) in [4.78, 5) is 4.17. The number of aromatic nitrogens is 3. The molecule has 92 valence electrons. The maximum Gasteiger partial charge on any atom is 0.134 e. The number of hydrogen-bond acceptors (Lipinski definition) is 3. The Labute approximate surface area is 115 Å². The molecule has 0 amide bonds. The van der Waals surface area contributed by atoms with Gasteiger partial charge in [-0.3, -0.25) is 4.68 Å². The Hall–Kier alpha value is -0.850. The maximum absolute atomic E-state index is 5.98. The SMILES string of the molecule is CC(C)c1nn(C(C)CI)c2ccnc(N)c12. The van der Waals surface area contributed by atoms with E-state index in [4.69, 9.17) is 10.8 Å². The van der Waals surface area contributed by atoms with Crippen LogP contribution in [0.4, 0.5) is 5.82 Å². The van der Waals surface area contributed by atoms with Crippen LogP contribution >= 0.6 is 22.6 Å². The third-order valence-electron chi connectivity index (χ3n) is 2.86. The molecule has 17 heavy (non-hydrogen) atoms. The lowest BCUT2D eigenvalue weighted by Crippen LogP contribution is -2.08. The molecule has 2 N–H and O–H groups in total. The summed E-state index contributed by atoms with van der Waals surface area (Å²) < 4.78 is 3.09. The van der Waals surface area contributed by atoms with Crippen molar-refractivity contribution in [2.45, 2.75) is 32.7 Å². The maximum atomic E-state index is 5.98. The number of halogens is 1. The Morgan fingerprint density at radius 3 is 2.71 bits per heavy atom. The van der Waals surface area contributed by atoms with Crippen LogP contribution in [0.3, 0.4) is 0 Å². The van der Waals surface area contributed by atoms with Crippen molar-refractivity contribution in [3.8, 4) is 0 Å². The van der Waals surface area contributed by atoms with Gasteiger partial charge in [0, 0.05) is 10.6 Å². The van der Waals surface area contributed by atoms with E-state index in [1.54, 1.807) is 6.20 Å². The van der Waals surface area contributed by atoms with Crippen LogP contribution in [-0.2, 0) is 0 Å². The van der Waals surface area contributed by atoms with Crippen molar-refractivity contribution in [2.24, 2.45) is 0 Å². The first-order valence-electron chi connectivity index (χ1n) is 5.74. The molecular weight excluding hydrogens is 327 g/mol. The van der Waals surface area contributed by atoms with E-state index in [0.29, 0.717) is 17.8 Å². The highest BCUT2D eigenvalue weighted by Crippen LogP contribution is 2.30. The lowest BCUT2D eigenvalue weighted by molar-refractivity contribution is 0.552. The van der Waals surface area contributed by atoms with Crippen molar-refractivity contribution in [3.05, 3.63) is 18.0 Å². The Kier molecular flexibility index (Phi) is 3.56. The predicted octanol–water partition coefficient (Wildman–Crippen LogP) is 3.13. The van der Waals surface area contributed by atoms with Crippen LogP contribution in [0.1, 0.15) is 38.4 Å². The number of alkyl halides is 1. The molecule has 0 bridgehead atoms. The highest BCUT2D eigenvalue weighted by molar-refractivity contribution is 14.1. The number of nitrogen functional groups attached to an aromatic ring is 1. The molecule has 1 unspecified atom stereocenters. The summed E-state index contributed by atoms with van der Waals surface area (Å²) in [5.41, 5.74) is 8.12. The molecule has 0 aliphatic carbocycles. The Balaban J connectivity index is 2.75. The molecule has 2 rings (SSSR count). The van der Waals surface area contributed by atoms with Gasteiger partial charge in [-0.25, -0.2) is 4.98 Å². The summed E-state index contributed by atoms with van der Waals surface area (Å²) in [6.07, 6.45) is 1.75. The molecule has 4 nitrogen and oxygen atoms in total. The fourth-order valence-electron chi connectivity index (χ4n) is 1.95. The Morgan fingerprint density at radius 1 is 1.41 bits per heavy atom. The molecule has 0 aliphatic rings. The molecule has 2 heterocycles. The topological polar surface area (TPSA) is 56.7 Å². The molecule has 2 aromatic rings. The molecule has 5 heteroatoms. The smallest absolute Gasteiger partial charge is 0.134 e. The zero-order chi connectivity index (χ0) is 12.6. The van der Waals surface area contributed by atoms with Crippen LogP contribution in [0, 0.1) is 0 Å². The van der Waals surface area contributed by atoms with Crippen molar-refractivity contribution < 1.29 is 0 Å². The van der Waals surface area contributed by atoms with Gasteiger partial charge in [-0.1, -0.05) is 36.4 Å². The third-order valence-corrected chi connectivity index (χ3v) is 4.14. The van der Waals surface area contributed by atoms with Gasteiger partial charge in [-0.15, -0.1) is 0 Å². The first-order chi connectivity index (χ1) is 8.06. The average Bonchev–Trinajstić information content (AvgIpc) is 2.69. The monoisotopic (exact) mass is 344 g/mol. The summed E-state index contributed by atoms with van der Waals surface area (Å²) in [7, 11) is 0. The summed E-state index contributed by atoms with van der Waals surface area (Å²) in [6.45, 7) is 6.43. The number of nitrogens with two attached hydrogens (primary N) is 1. The second-order valence-corrected chi connectivity index (χ2v) is 5.46. The van der Waals surface area contributed by atoms with Crippen LogP contribution in [0.5, 0.6) is 0 Å². The molecule has 0 aliphatic heterocycles. The van der Waals surface area contributed by atoms with Gasteiger partial charge in [0.2, 0.25) is 0 Å². The zero-order valence-electron chi connectivity index (χ0n) is 10.3. The van der Waals surface area contributed by atoms with Gasteiger partial charge in [-0.05, 0) is 18.9 Å². The second kappa shape index (κ2) is 4.80. The Morgan fingerprint density at radius 2 is 2.12 bits per heavy atom. The minimum absolute atomic E-state index is 0.353. The molecule has 0 fully saturated rings. The summed E-state index contributed by atoms with van der Waals surface area (Å²) in [5, 5.41) is 5.73. The summed E-state index contributed by atoms with van der Waals surface area (Å²) in [5.74, 6) is 0.935. The first kappa shape index (κ1) is 12.6. The van der Waals surface area contributed by atoms with Crippen LogP contribution in [-0.4, -0.2) is 19.2 Å². The van der Waals surface area contributed by atoms with Crippen molar-refractivity contribution in [1.82, 2.24) is 14.8 Å². The average molecular weight is 344 g/mol. The van der Waals surface area contributed by atoms with Crippen molar-refractivity contribution in [1.29, 1.82) is 0 Å². The normalized spacial score (nSPS) is 13.5. The number of anilines is 1. The van der Waals surface area contributed by atoms with E-state index in [-0.39, 0.29) is 0 Å². The molecule has 0 saturated carbocycles. The van der Waals surface area contributed by atoms with Crippen molar-refractivity contribution >= 4 is 39.3 Å². The van der Waals surface area contributed by atoms with Gasteiger partial charge < -0.3 is 5.73 Å². The molecule has 0 spiro atoms. The van der Waals surface area contributed by atoms with Gasteiger partial charge in [0.1, 0.15) is 5.82 Å². The fraction of sp³-hybridized carbons (Fsp3) is 0.500. The minimum Gasteiger partial charge on any atom is -0.383 e.